The summed E-state index contributed by atoms with van der Waals surface area (Å²) in [4.78, 5) is 44.5. The third-order valence-electron chi connectivity index (χ3n) is 8.58. The van der Waals surface area contributed by atoms with Gasteiger partial charge in [-0.25, -0.2) is 23.5 Å². The Labute approximate surface area is 273 Å². The molecule has 2 unspecified atom stereocenters. The smallest absolute Gasteiger partial charge is 0.354 e. The molecule has 46 heavy (non-hydrogen) atoms. The van der Waals surface area contributed by atoms with E-state index in [9.17, 15) is 14.7 Å². The average molecular weight is 667 g/mol. The molecule has 0 spiro atoms. The average Bonchev–Trinajstić information content (AvgIpc) is 3.16. The fraction of sp³-hybridized carbons (Fsp3) is 0.364. The predicted octanol–water partition coefficient (Wildman–Crippen LogP) is 6.42. The second-order valence-corrected chi connectivity index (χ2v) is 13.6. The number of thioether (sulfide) groups is 1. The van der Waals surface area contributed by atoms with Gasteiger partial charge in [-0.15, -0.1) is 11.8 Å². The normalized spacial score (nSPS) is 17.9. The molecule has 2 aliphatic rings. The summed E-state index contributed by atoms with van der Waals surface area (Å²) in [5, 5.41) is 10.8. The molecule has 4 heterocycles. The fourth-order valence-electron chi connectivity index (χ4n) is 6.42. The van der Waals surface area contributed by atoms with Crippen molar-refractivity contribution in [2.24, 2.45) is 0 Å². The van der Waals surface area contributed by atoms with Crippen molar-refractivity contribution in [2.75, 3.05) is 23.7 Å². The Kier molecular flexibility index (Phi) is 8.30. The molecule has 0 radical (unpaired) electrons. The second-order valence-electron chi connectivity index (χ2n) is 12.2. The van der Waals surface area contributed by atoms with Crippen LogP contribution in [0.1, 0.15) is 57.8 Å². The van der Waals surface area contributed by atoms with Gasteiger partial charge >= 0.3 is 5.69 Å². The van der Waals surface area contributed by atoms with Crippen molar-refractivity contribution in [3.8, 4) is 22.6 Å². The number of carbonyl (C=O) groups is 1. The molecule has 9 nitrogen and oxygen atoms in total. The summed E-state index contributed by atoms with van der Waals surface area (Å²) in [5.41, 5.74) is 0.0984. The van der Waals surface area contributed by atoms with Crippen molar-refractivity contribution in [1.82, 2.24) is 24.4 Å². The lowest BCUT2D eigenvalue weighted by atomic mass is 9.98. The summed E-state index contributed by atoms with van der Waals surface area (Å²) in [6.45, 7) is 13.8. The number of phenols is 1. The van der Waals surface area contributed by atoms with Crippen molar-refractivity contribution >= 4 is 46.0 Å². The van der Waals surface area contributed by atoms with Crippen LogP contribution >= 0.6 is 23.4 Å². The maximum atomic E-state index is 16.9. The molecule has 1 amide bonds. The minimum atomic E-state index is -0.882. The monoisotopic (exact) mass is 666 g/mol. The molecule has 2 aromatic heterocycles. The molecular weight excluding hydrogens is 634 g/mol. The van der Waals surface area contributed by atoms with Crippen LogP contribution in [0.2, 0.25) is 5.02 Å². The Morgan fingerprint density at radius 3 is 2.41 bits per heavy atom. The minimum Gasteiger partial charge on any atom is -0.507 e. The maximum absolute atomic E-state index is 16.9. The standard InChI is InChI=1S/C33H33ClF2N6O3S/c1-7-21(44)40-12-18-13-46-31-24-29(25(34)23(26(31)36)22-19(35)9-8-10-20(22)43)42(33(45)39-32(24)41(18)11-17(40)6)30-27(15(2)3)37-14-38-28(30)16(4)5/h7-10,14-18,43H,1,11-13H2,2-6H3. The topological polar surface area (TPSA) is 104 Å². The third kappa shape index (κ3) is 4.93. The first-order chi connectivity index (χ1) is 21.9. The number of carbonyl (C=O) groups excluding carboxylic acids is 1. The van der Waals surface area contributed by atoms with Crippen molar-refractivity contribution in [2.45, 2.75) is 63.4 Å². The molecule has 13 heteroatoms. The lowest BCUT2D eigenvalue weighted by Gasteiger charge is -2.45. The lowest BCUT2D eigenvalue weighted by molar-refractivity contribution is -0.128. The Bertz CT molecular complexity index is 1940. The van der Waals surface area contributed by atoms with Crippen molar-refractivity contribution in [3.63, 3.8) is 0 Å². The van der Waals surface area contributed by atoms with Crippen LogP contribution in [-0.2, 0) is 4.79 Å². The molecule has 4 aromatic rings. The summed E-state index contributed by atoms with van der Waals surface area (Å²) in [6.07, 6.45) is 2.70. The van der Waals surface area contributed by atoms with E-state index in [1.54, 1.807) is 4.90 Å². The maximum Gasteiger partial charge on any atom is 0.354 e. The van der Waals surface area contributed by atoms with Crippen LogP contribution in [0.3, 0.4) is 0 Å². The molecule has 0 aliphatic carbocycles. The number of hydrogen-bond donors (Lipinski definition) is 1. The summed E-state index contributed by atoms with van der Waals surface area (Å²) in [7, 11) is 0. The van der Waals surface area contributed by atoms with Gasteiger partial charge in [-0.2, -0.15) is 4.98 Å². The highest BCUT2D eigenvalue weighted by Gasteiger charge is 2.40. The lowest BCUT2D eigenvalue weighted by Crippen LogP contribution is -2.60. The number of piperazine rings is 1. The summed E-state index contributed by atoms with van der Waals surface area (Å²) >= 11 is 8.31. The van der Waals surface area contributed by atoms with Gasteiger partial charge in [0.25, 0.3) is 0 Å². The van der Waals surface area contributed by atoms with E-state index in [4.69, 9.17) is 11.6 Å². The van der Waals surface area contributed by atoms with Crippen LogP contribution in [0.5, 0.6) is 5.75 Å². The van der Waals surface area contributed by atoms with E-state index >= 15 is 8.78 Å². The first kappa shape index (κ1) is 31.9. The van der Waals surface area contributed by atoms with E-state index in [1.807, 2.05) is 39.5 Å². The number of phenolic OH excluding ortho intramolecular Hbond substituents is 1. The van der Waals surface area contributed by atoms with E-state index in [0.29, 0.717) is 29.4 Å². The summed E-state index contributed by atoms with van der Waals surface area (Å²) in [6, 6.07) is 3.05. The van der Waals surface area contributed by atoms with Crippen LogP contribution in [0.15, 0.2) is 46.9 Å². The summed E-state index contributed by atoms with van der Waals surface area (Å²) in [5.74, 6) is -2.24. The van der Waals surface area contributed by atoms with Gasteiger partial charge in [-0.1, -0.05) is 51.9 Å². The SMILES string of the molecule is C=CC(=O)N1CC2CSc3c(F)c(-c4c(O)cccc4F)c(Cl)c4c3c(nc(=O)n4-c3c(C(C)C)ncnc3C(C)C)N2CC1C. The van der Waals surface area contributed by atoms with Crippen molar-refractivity contribution < 1.29 is 18.7 Å². The Hall–Kier alpha value is -4.03. The first-order valence-electron chi connectivity index (χ1n) is 15.0. The predicted molar refractivity (Wildman–Crippen MR) is 176 cm³/mol. The number of fused-ring (bicyclic) bond motifs is 2. The largest absolute Gasteiger partial charge is 0.507 e. The fourth-order valence-corrected chi connectivity index (χ4v) is 7.98. The molecule has 1 saturated heterocycles. The quantitative estimate of drug-likeness (QED) is 0.243. The Morgan fingerprint density at radius 1 is 1.13 bits per heavy atom. The van der Waals surface area contributed by atoms with E-state index in [1.165, 1.54) is 40.9 Å². The number of aromatic nitrogens is 4. The number of aromatic hydroxyl groups is 1. The molecular formula is C33H33ClF2N6O3S. The minimum absolute atomic E-state index is 0.103. The zero-order valence-corrected chi connectivity index (χ0v) is 27.6. The van der Waals surface area contributed by atoms with Crippen LogP contribution in [-0.4, -0.2) is 66.4 Å². The number of anilines is 1. The molecule has 6 rings (SSSR count). The van der Waals surface area contributed by atoms with E-state index in [0.717, 1.165) is 6.07 Å². The molecule has 0 bridgehead atoms. The van der Waals surface area contributed by atoms with E-state index < -0.39 is 28.6 Å². The van der Waals surface area contributed by atoms with Crippen LogP contribution in [0.25, 0.3) is 27.7 Å². The van der Waals surface area contributed by atoms with Gasteiger partial charge in [0, 0.05) is 30.4 Å². The molecule has 1 fully saturated rings. The van der Waals surface area contributed by atoms with E-state index in [-0.39, 0.29) is 68.6 Å². The molecule has 1 N–H and O–H groups in total. The highest BCUT2D eigenvalue weighted by molar-refractivity contribution is 7.99. The van der Waals surface area contributed by atoms with Gasteiger partial charge in [0.2, 0.25) is 5.91 Å². The van der Waals surface area contributed by atoms with Crippen LogP contribution in [0.4, 0.5) is 14.6 Å². The molecule has 240 valence electrons. The highest BCUT2D eigenvalue weighted by Crippen LogP contribution is 2.50. The van der Waals surface area contributed by atoms with Crippen LogP contribution in [0, 0.1) is 11.6 Å². The van der Waals surface area contributed by atoms with Gasteiger partial charge < -0.3 is 14.9 Å². The van der Waals surface area contributed by atoms with Gasteiger partial charge in [0.1, 0.15) is 29.5 Å². The zero-order valence-electron chi connectivity index (χ0n) is 26.0. The number of amides is 1. The Balaban J connectivity index is 1.79. The van der Waals surface area contributed by atoms with E-state index in [2.05, 4.69) is 21.5 Å². The van der Waals surface area contributed by atoms with Gasteiger partial charge in [0.05, 0.1) is 49.5 Å². The number of hydrogen-bond acceptors (Lipinski definition) is 8. The van der Waals surface area contributed by atoms with Gasteiger partial charge in [-0.05, 0) is 37.0 Å². The van der Waals surface area contributed by atoms with Crippen molar-refractivity contribution in [1.29, 1.82) is 0 Å². The molecule has 2 atom stereocenters. The summed E-state index contributed by atoms with van der Waals surface area (Å²) < 4.78 is 33.7. The molecule has 0 saturated carbocycles. The number of rotatable bonds is 5. The first-order valence-corrected chi connectivity index (χ1v) is 16.4. The van der Waals surface area contributed by atoms with Gasteiger partial charge in [-0.3, -0.25) is 9.36 Å². The second kappa shape index (κ2) is 12.0. The zero-order chi connectivity index (χ0) is 33.2. The number of benzene rings is 2. The van der Waals surface area contributed by atoms with Crippen LogP contribution < -0.4 is 10.6 Å². The third-order valence-corrected chi connectivity index (χ3v) is 10.2. The molecule has 2 aliphatic heterocycles. The van der Waals surface area contributed by atoms with Gasteiger partial charge in [0.15, 0.2) is 0 Å². The highest BCUT2D eigenvalue weighted by atomic mass is 35.5. The number of halogens is 3. The number of nitrogens with zero attached hydrogens (tertiary/aromatic N) is 6. The molecule has 2 aromatic carbocycles. The van der Waals surface area contributed by atoms with Crippen molar-refractivity contribution in [3.05, 3.63) is 75.7 Å². The Morgan fingerprint density at radius 2 is 1.80 bits per heavy atom.